The largest absolute Gasteiger partial charge is 0.494 e. The molecule has 1 saturated carbocycles. The zero-order valence-corrected chi connectivity index (χ0v) is 9.92. The number of benzene rings is 1. The molecular weight excluding hydrogens is 223 g/mol. The quantitative estimate of drug-likeness (QED) is 0.877. The fourth-order valence-electron chi connectivity index (χ4n) is 2.36. The monoisotopic (exact) mass is 238 g/mol. The van der Waals surface area contributed by atoms with Crippen LogP contribution >= 0.6 is 0 Å². The minimum atomic E-state index is -0.835. The molecule has 3 nitrogen and oxygen atoms in total. The Hall–Kier alpha value is -1.58. The number of aryl methyl sites for hydroxylation is 1. The van der Waals surface area contributed by atoms with E-state index in [1.54, 1.807) is 6.07 Å². The van der Waals surface area contributed by atoms with E-state index in [1.807, 2.05) is 6.92 Å². The predicted octanol–water partition coefficient (Wildman–Crippen LogP) is 2.65. The van der Waals surface area contributed by atoms with Gasteiger partial charge in [-0.05, 0) is 43.0 Å². The van der Waals surface area contributed by atoms with Crippen LogP contribution in [-0.2, 0) is 10.2 Å². The molecular formula is C13H15FO3. The first-order chi connectivity index (χ1) is 7.98. The maximum atomic E-state index is 13.7. The Kier molecular flexibility index (Phi) is 2.81. The molecule has 1 aliphatic rings. The van der Waals surface area contributed by atoms with Crippen molar-refractivity contribution in [1.82, 2.24) is 0 Å². The average molecular weight is 238 g/mol. The Balaban J connectivity index is 2.39. The summed E-state index contributed by atoms with van der Waals surface area (Å²) in [5, 5.41) is 8.89. The van der Waals surface area contributed by atoms with E-state index in [-0.39, 0.29) is 17.6 Å². The van der Waals surface area contributed by atoms with Crippen LogP contribution in [0.4, 0.5) is 4.39 Å². The van der Waals surface area contributed by atoms with Crippen LogP contribution in [0.3, 0.4) is 0 Å². The van der Waals surface area contributed by atoms with Gasteiger partial charge in [0.1, 0.15) is 0 Å². The van der Waals surface area contributed by atoms with Crippen molar-refractivity contribution in [3.8, 4) is 5.75 Å². The highest BCUT2D eigenvalue weighted by Crippen LogP contribution is 2.52. The lowest BCUT2D eigenvalue weighted by molar-refractivity contribution is -0.137. The summed E-state index contributed by atoms with van der Waals surface area (Å²) in [6, 6.07) is 3.05. The molecule has 0 unspecified atom stereocenters. The molecule has 4 heteroatoms. The van der Waals surface area contributed by atoms with Crippen LogP contribution < -0.4 is 4.74 Å². The molecule has 0 spiro atoms. The highest BCUT2D eigenvalue weighted by molar-refractivity contribution is 5.70. The molecule has 0 amide bonds. The summed E-state index contributed by atoms with van der Waals surface area (Å²) in [6.45, 7) is 1.86. The van der Waals surface area contributed by atoms with Crippen molar-refractivity contribution in [2.75, 3.05) is 7.11 Å². The zero-order valence-electron chi connectivity index (χ0n) is 9.92. The van der Waals surface area contributed by atoms with Gasteiger partial charge in [0.25, 0.3) is 0 Å². The minimum Gasteiger partial charge on any atom is -0.494 e. The smallest absolute Gasteiger partial charge is 0.304 e. The first kappa shape index (κ1) is 11.9. The Labute approximate surface area is 99.2 Å². The van der Waals surface area contributed by atoms with Crippen molar-refractivity contribution >= 4 is 5.97 Å². The first-order valence-electron chi connectivity index (χ1n) is 5.55. The maximum absolute atomic E-state index is 13.7. The molecule has 0 saturated heterocycles. The normalized spacial score (nSPS) is 16.6. The van der Waals surface area contributed by atoms with Crippen LogP contribution in [-0.4, -0.2) is 18.2 Å². The Bertz CT molecular complexity index is 464. The lowest BCUT2D eigenvalue weighted by Gasteiger charge is -2.17. The van der Waals surface area contributed by atoms with Gasteiger partial charge in [-0.25, -0.2) is 4.39 Å². The second kappa shape index (κ2) is 4.02. The summed E-state index contributed by atoms with van der Waals surface area (Å²) in [6.07, 6.45) is 1.69. The van der Waals surface area contributed by atoms with Gasteiger partial charge >= 0.3 is 5.97 Å². The van der Waals surface area contributed by atoms with E-state index in [0.717, 1.165) is 24.0 Å². The third-order valence-corrected chi connectivity index (χ3v) is 3.41. The van der Waals surface area contributed by atoms with E-state index < -0.39 is 11.8 Å². The van der Waals surface area contributed by atoms with Gasteiger partial charge in [-0.2, -0.15) is 0 Å². The van der Waals surface area contributed by atoms with Gasteiger partial charge in [0, 0.05) is 5.41 Å². The van der Waals surface area contributed by atoms with E-state index in [1.165, 1.54) is 13.2 Å². The predicted molar refractivity (Wildman–Crippen MR) is 60.9 cm³/mol. The van der Waals surface area contributed by atoms with E-state index in [9.17, 15) is 9.18 Å². The molecule has 0 aromatic heterocycles. The summed E-state index contributed by atoms with van der Waals surface area (Å²) >= 11 is 0. The molecule has 0 heterocycles. The topological polar surface area (TPSA) is 46.5 Å². The van der Waals surface area contributed by atoms with Gasteiger partial charge in [0.15, 0.2) is 11.6 Å². The second-order valence-electron chi connectivity index (χ2n) is 4.65. The minimum absolute atomic E-state index is 0.0691. The lowest BCUT2D eigenvalue weighted by Crippen LogP contribution is -2.14. The van der Waals surface area contributed by atoms with Crippen LogP contribution in [0, 0.1) is 12.7 Å². The molecule has 0 atom stereocenters. The number of methoxy groups -OCH3 is 1. The van der Waals surface area contributed by atoms with Crippen molar-refractivity contribution in [3.05, 3.63) is 29.1 Å². The number of halogens is 1. The van der Waals surface area contributed by atoms with Crippen LogP contribution in [0.15, 0.2) is 12.1 Å². The summed E-state index contributed by atoms with van der Waals surface area (Å²) in [4.78, 5) is 10.8. The molecule has 0 aliphatic heterocycles. The number of carboxylic acids is 1. The number of carboxylic acid groups (broad SMARTS) is 1. The number of hydrogen-bond donors (Lipinski definition) is 1. The lowest BCUT2D eigenvalue weighted by atomic mass is 9.89. The van der Waals surface area contributed by atoms with Crippen molar-refractivity contribution in [2.45, 2.75) is 31.6 Å². The summed E-state index contributed by atoms with van der Waals surface area (Å²) in [5.41, 5.74) is 1.34. The van der Waals surface area contributed by atoms with Gasteiger partial charge < -0.3 is 9.84 Å². The van der Waals surface area contributed by atoms with Crippen molar-refractivity contribution in [3.63, 3.8) is 0 Å². The van der Waals surface area contributed by atoms with E-state index >= 15 is 0 Å². The number of aliphatic carboxylic acids is 1. The molecule has 0 bridgehead atoms. The van der Waals surface area contributed by atoms with E-state index in [0.29, 0.717) is 0 Å². The number of ether oxygens (including phenoxy) is 1. The molecule has 1 fully saturated rings. The fourth-order valence-corrected chi connectivity index (χ4v) is 2.36. The SMILES string of the molecule is COc1cc(C)c(C2(CC(=O)O)CC2)cc1F. The summed E-state index contributed by atoms with van der Waals surface area (Å²) < 4.78 is 18.6. The van der Waals surface area contributed by atoms with E-state index in [4.69, 9.17) is 9.84 Å². The standard InChI is InChI=1S/C13H15FO3/c1-8-5-11(17-2)10(14)6-9(8)13(3-4-13)7-12(15)16/h5-6H,3-4,7H2,1-2H3,(H,15,16). The van der Waals surface area contributed by atoms with Gasteiger partial charge in [-0.1, -0.05) is 0 Å². The van der Waals surface area contributed by atoms with Crippen molar-refractivity contribution in [1.29, 1.82) is 0 Å². The molecule has 1 aromatic carbocycles. The highest BCUT2D eigenvalue weighted by Gasteiger charge is 2.47. The number of hydrogen-bond acceptors (Lipinski definition) is 2. The van der Waals surface area contributed by atoms with Crippen LogP contribution in [0.2, 0.25) is 0 Å². The van der Waals surface area contributed by atoms with Crippen LogP contribution in [0.1, 0.15) is 30.4 Å². The first-order valence-corrected chi connectivity index (χ1v) is 5.55. The van der Waals surface area contributed by atoms with Gasteiger partial charge in [-0.15, -0.1) is 0 Å². The van der Waals surface area contributed by atoms with Gasteiger partial charge in [0.2, 0.25) is 0 Å². The third kappa shape index (κ3) is 2.12. The maximum Gasteiger partial charge on any atom is 0.304 e. The molecule has 2 rings (SSSR count). The highest BCUT2D eigenvalue weighted by atomic mass is 19.1. The Morgan fingerprint density at radius 2 is 2.18 bits per heavy atom. The average Bonchev–Trinajstić information content (AvgIpc) is 3.00. The zero-order chi connectivity index (χ0) is 12.6. The fraction of sp³-hybridized carbons (Fsp3) is 0.462. The molecule has 92 valence electrons. The van der Waals surface area contributed by atoms with Gasteiger partial charge in [0.05, 0.1) is 13.5 Å². The molecule has 1 aromatic rings. The molecule has 1 N–H and O–H groups in total. The van der Waals surface area contributed by atoms with Crippen molar-refractivity contribution in [2.24, 2.45) is 0 Å². The molecule has 17 heavy (non-hydrogen) atoms. The second-order valence-corrected chi connectivity index (χ2v) is 4.65. The van der Waals surface area contributed by atoms with Crippen LogP contribution in [0.25, 0.3) is 0 Å². The molecule has 0 radical (unpaired) electrons. The van der Waals surface area contributed by atoms with E-state index in [2.05, 4.69) is 0 Å². The third-order valence-electron chi connectivity index (χ3n) is 3.41. The Morgan fingerprint density at radius 3 is 2.65 bits per heavy atom. The Morgan fingerprint density at radius 1 is 1.53 bits per heavy atom. The molecule has 1 aliphatic carbocycles. The summed E-state index contributed by atoms with van der Waals surface area (Å²) in [5.74, 6) is -1.06. The summed E-state index contributed by atoms with van der Waals surface area (Å²) in [7, 11) is 1.42. The number of rotatable bonds is 4. The van der Waals surface area contributed by atoms with Crippen molar-refractivity contribution < 1.29 is 19.0 Å². The van der Waals surface area contributed by atoms with Gasteiger partial charge in [-0.3, -0.25) is 4.79 Å². The van der Waals surface area contributed by atoms with Crippen LogP contribution in [0.5, 0.6) is 5.75 Å². The number of carbonyl (C=O) groups is 1.